The Hall–Kier alpha value is -2.17. The molecule has 1 saturated carbocycles. The third kappa shape index (κ3) is 3.21. The summed E-state index contributed by atoms with van der Waals surface area (Å²) in [6, 6.07) is 15.8. The summed E-state index contributed by atoms with van der Waals surface area (Å²) in [6.07, 6.45) is 4.37. The molecule has 0 aliphatic heterocycles. The first-order valence-corrected chi connectivity index (χ1v) is 8.37. The highest BCUT2D eigenvalue weighted by Gasteiger charge is 2.23. The molecule has 1 aliphatic carbocycles. The maximum Gasteiger partial charge on any atom is 0.227 e. The van der Waals surface area contributed by atoms with Crippen LogP contribution in [-0.4, -0.2) is 22.3 Å². The number of ether oxygens (including phenoxy) is 1. The molecule has 1 N–H and O–H groups in total. The van der Waals surface area contributed by atoms with Crippen LogP contribution >= 0.6 is 0 Å². The number of hydrogen-bond acceptors (Lipinski definition) is 4. The fourth-order valence-corrected chi connectivity index (χ4v) is 3.05. The van der Waals surface area contributed by atoms with Crippen LogP contribution in [0.3, 0.4) is 0 Å². The Bertz CT molecular complexity index is 776. The van der Waals surface area contributed by atoms with Gasteiger partial charge in [-0.05, 0) is 49.1 Å². The van der Waals surface area contributed by atoms with Gasteiger partial charge in [-0.25, -0.2) is 4.98 Å². The SMILES string of the molecule is O[C@@H]1[CH]CCC[C@@H]1OCc1ccc(-c2nc3ccccc3o2)cc1. The summed E-state index contributed by atoms with van der Waals surface area (Å²) in [6.45, 7) is 0.503. The van der Waals surface area contributed by atoms with Crippen LogP contribution in [0.5, 0.6) is 0 Å². The van der Waals surface area contributed by atoms with Crippen molar-refractivity contribution in [2.45, 2.75) is 38.1 Å². The van der Waals surface area contributed by atoms with Crippen molar-refractivity contribution < 1.29 is 14.3 Å². The van der Waals surface area contributed by atoms with E-state index in [1.165, 1.54) is 0 Å². The Balaban J connectivity index is 1.44. The van der Waals surface area contributed by atoms with Gasteiger partial charge in [0, 0.05) is 5.56 Å². The maximum absolute atomic E-state index is 9.91. The lowest BCUT2D eigenvalue weighted by atomic mass is 9.95. The number of oxazole rings is 1. The Kier molecular flexibility index (Phi) is 4.32. The van der Waals surface area contributed by atoms with Gasteiger partial charge in [-0.15, -0.1) is 0 Å². The van der Waals surface area contributed by atoms with E-state index in [0.29, 0.717) is 12.5 Å². The van der Waals surface area contributed by atoms with Crippen molar-refractivity contribution in [2.24, 2.45) is 0 Å². The number of fused-ring (bicyclic) bond motifs is 1. The molecule has 2 aromatic carbocycles. The molecule has 1 radical (unpaired) electrons. The van der Waals surface area contributed by atoms with E-state index in [1.807, 2.05) is 55.0 Å². The molecule has 2 atom stereocenters. The molecular weight excluding hydrogens is 302 g/mol. The van der Waals surface area contributed by atoms with Gasteiger partial charge < -0.3 is 14.3 Å². The fraction of sp³-hybridized carbons (Fsp3) is 0.300. The molecule has 123 valence electrons. The van der Waals surface area contributed by atoms with E-state index in [0.717, 1.165) is 41.5 Å². The molecule has 0 amide bonds. The highest BCUT2D eigenvalue weighted by Crippen LogP contribution is 2.25. The number of aromatic nitrogens is 1. The lowest BCUT2D eigenvalue weighted by Gasteiger charge is -2.27. The zero-order valence-electron chi connectivity index (χ0n) is 13.4. The molecule has 4 nitrogen and oxygen atoms in total. The van der Waals surface area contributed by atoms with E-state index in [4.69, 9.17) is 9.15 Å². The normalized spacial score (nSPS) is 21.2. The van der Waals surface area contributed by atoms with Crippen LogP contribution in [-0.2, 0) is 11.3 Å². The number of rotatable bonds is 4. The third-order valence-corrected chi connectivity index (χ3v) is 4.44. The average molecular weight is 322 g/mol. The highest BCUT2D eigenvalue weighted by atomic mass is 16.5. The molecule has 24 heavy (non-hydrogen) atoms. The second-order valence-electron chi connectivity index (χ2n) is 6.19. The van der Waals surface area contributed by atoms with Gasteiger partial charge >= 0.3 is 0 Å². The molecule has 0 bridgehead atoms. The van der Waals surface area contributed by atoms with Gasteiger partial charge in [0.1, 0.15) is 5.52 Å². The van der Waals surface area contributed by atoms with Gasteiger partial charge in [0.2, 0.25) is 5.89 Å². The predicted octanol–water partition coefficient (Wildman–Crippen LogP) is 4.13. The summed E-state index contributed by atoms with van der Waals surface area (Å²) < 4.78 is 11.6. The molecule has 4 rings (SSSR count). The van der Waals surface area contributed by atoms with Gasteiger partial charge in [-0.3, -0.25) is 0 Å². The van der Waals surface area contributed by atoms with Crippen LogP contribution in [0.25, 0.3) is 22.6 Å². The quantitative estimate of drug-likeness (QED) is 0.785. The van der Waals surface area contributed by atoms with Gasteiger partial charge in [-0.1, -0.05) is 30.7 Å². The Morgan fingerprint density at radius 2 is 1.96 bits per heavy atom. The van der Waals surface area contributed by atoms with Crippen molar-refractivity contribution >= 4 is 11.1 Å². The molecule has 1 fully saturated rings. The Labute approximate surface area is 141 Å². The van der Waals surface area contributed by atoms with E-state index in [-0.39, 0.29) is 6.10 Å². The maximum atomic E-state index is 9.91. The van der Waals surface area contributed by atoms with Crippen LogP contribution < -0.4 is 0 Å². The highest BCUT2D eigenvalue weighted by molar-refractivity contribution is 5.75. The van der Waals surface area contributed by atoms with E-state index in [2.05, 4.69) is 4.98 Å². The van der Waals surface area contributed by atoms with Crippen molar-refractivity contribution in [3.8, 4) is 11.5 Å². The molecule has 3 aromatic rings. The van der Waals surface area contributed by atoms with Crippen molar-refractivity contribution in [3.63, 3.8) is 0 Å². The third-order valence-electron chi connectivity index (χ3n) is 4.44. The summed E-state index contributed by atoms with van der Waals surface area (Å²) in [7, 11) is 0. The number of aliphatic hydroxyl groups excluding tert-OH is 1. The van der Waals surface area contributed by atoms with Crippen LogP contribution in [0.1, 0.15) is 24.8 Å². The minimum Gasteiger partial charge on any atom is -0.436 e. The summed E-state index contributed by atoms with van der Waals surface area (Å²) in [4.78, 5) is 4.51. The molecule has 0 saturated heterocycles. The van der Waals surface area contributed by atoms with Gasteiger partial charge in [0.05, 0.1) is 18.8 Å². The fourth-order valence-electron chi connectivity index (χ4n) is 3.05. The van der Waals surface area contributed by atoms with Crippen molar-refractivity contribution in [3.05, 3.63) is 60.5 Å². The summed E-state index contributed by atoms with van der Waals surface area (Å²) in [5, 5.41) is 9.91. The van der Waals surface area contributed by atoms with E-state index < -0.39 is 6.10 Å². The Morgan fingerprint density at radius 3 is 2.75 bits per heavy atom. The number of para-hydroxylation sites is 2. The van der Waals surface area contributed by atoms with Gasteiger partial charge in [0.25, 0.3) is 0 Å². The topological polar surface area (TPSA) is 55.5 Å². The van der Waals surface area contributed by atoms with E-state index >= 15 is 0 Å². The van der Waals surface area contributed by atoms with Gasteiger partial charge in [0.15, 0.2) is 5.58 Å². The predicted molar refractivity (Wildman–Crippen MR) is 92.2 cm³/mol. The first kappa shape index (κ1) is 15.4. The standard InChI is InChI=1S/C20H20NO3/c22-17-6-2-4-8-19(17)23-13-14-9-11-15(12-10-14)20-21-16-5-1-3-7-18(16)24-20/h1,3,5-7,9-12,17,19,22H,2,4,8,13H2/t17-,19+/m1/s1. The lowest BCUT2D eigenvalue weighted by Crippen LogP contribution is -2.32. The first-order chi connectivity index (χ1) is 11.8. The monoisotopic (exact) mass is 322 g/mol. The van der Waals surface area contributed by atoms with E-state index in [1.54, 1.807) is 0 Å². The van der Waals surface area contributed by atoms with Gasteiger partial charge in [-0.2, -0.15) is 0 Å². The molecule has 1 aliphatic rings. The van der Waals surface area contributed by atoms with Crippen molar-refractivity contribution in [2.75, 3.05) is 0 Å². The molecule has 0 spiro atoms. The zero-order chi connectivity index (χ0) is 16.4. The minimum absolute atomic E-state index is 0.0875. The number of benzene rings is 2. The average Bonchev–Trinajstić information content (AvgIpc) is 3.06. The number of aliphatic hydroxyl groups is 1. The molecule has 4 heteroatoms. The second kappa shape index (κ2) is 6.75. The molecule has 1 aromatic heterocycles. The summed E-state index contributed by atoms with van der Waals surface area (Å²) in [5.41, 5.74) is 3.68. The van der Waals surface area contributed by atoms with Crippen molar-refractivity contribution in [1.29, 1.82) is 0 Å². The summed E-state index contributed by atoms with van der Waals surface area (Å²) in [5.74, 6) is 0.626. The van der Waals surface area contributed by atoms with Crippen LogP contribution in [0.15, 0.2) is 52.9 Å². The van der Waals surface area contributed by atoms with Crippen molar-refractivity contribution in [1.82, 2.24) is 4.98 Å². The molecule has 0 unspecified atom stereocenters. The smallest absolute Gasteiger partial charge is 0.227 e. The molecule has 1 heterocycles. The van der Waals surface area contributed by atoms with Crippen LogP contribution in [0.2, 0.25) is 0 Å². The largest absolute Gasteiger partial charge is 0.436 e. The Morgan fingerprint density at radius 1 is 1.12 bits per heavy atom. The molecular formula is C20H20NO3. The number of nitrogens with zero attached hydrogens (tertiary/aromatic N) is 1. The zero-order valence-corrected chi connectivity index (χ0v) is 13.4. The first-order valence-electron chi connectivity index (χ1n) is 8.37. The minimum atomic E-state index is -0.447. The number of hydrogen-bond donors (Lipinski definition) is 1. The van der Waals surface area contributed by atoms with Crippen LogP contribution in [0, 0.1) is 6.42 Å². The second-order valence-corrected chi connectivity index (χ2v) is 6.19. The van der Waals surface area contributed by atoms with E-state index in [9.17, 15) is 5.11 Å². The van der Waals surface area contributed by atoms with Crippen LogP contribution in [0.4, 0.5) is 0 Å². The summed E-state index contributed by atoms with van der Waals surface area (Å²) >= 11 is 0. The lowest BCUT2D eigenvalue weighted by molar-refractivity contribution is -0.0474.